The van der Waals surface area contributed by atoms with Crippen LogP contribution in [0.25, 0.3) is 0 Å². The van der Waals surface area contributed by atoms with Crippen molar-refractivity contribution < 1.29 is 22.8 Å². The van der Waals surface area contributed by atoms with Crippen molar-refractivity contribution in [1.29, 1.82) is 0 Å². The fourth-order valence-corrected chi connectivity index (χ4v) is 4.59. The molecule has 4 rings (SSSR count). The van der Waals surface area contributed by atoms with Gasteiger partial charge in [0, 0.05) is 17.4 Å². The van der Waals surface area contributed by atoms with Gasteiger partial charge in [-0.15, -0.1) is 0 Å². The molecular weight excluding hydrogens is 407 g/mol. The van der Waals surface area contributed by atoms with E-state index in [2.05, 4.69) is 5.32 Å². The molecular formula is C23H24F3N3O2. The summed E-state index contributed by atoms with van der Waals surface area (Å²) in [5.74, 6) is -2.54. The zero-order valence-electron chi connectivity index (χ0n) is 17.3. The maximum Gasteiger partial charge on any atom is 0.325 e. The van der Waals surface area contributed by atoms with Crippen LogP contribution in [0.4, 0.5) is 29.3 Å². The first-order valence-corrected chi connectivity index (χ1v) is 10.4. The molecule has 1 aliphatic carbocycles. The summed E-state index contributed by atoms with van der Waals surface area (Å²) >= 11 is 0. The number of amides is 3. The molecule has 164 valence electrons. The van der Waals surface area contributed by atoms with Gasteiger partial charge in [0.1, 0.15) is 24.0 Å². The number of carbonyl (C=O) groups excluding carboxylic acids is 2. The number of hydrogen-bond acceptors (Lipinski definition) is 2. The van der Waals surface area contributed by atoms with Crippen LogP contribution in [0.15, 0.2) is 36.4 Å². The Labute approximate surface area is 178 Å². The van der Waals surface area contributed by atoms with Crippen LogP contribution >= 0.6 is 0 Å². The second-order valence-electron chi connectivity index (χ2n) is 8.38. The van der Waals surface area contributed by atoms with Gasteiger partial charge in [0.05, 0.1) is 12.1 Å². The van der Waals surface area contributed by atoms with Gasteiger partial charge in [-0.2, -0.15) is 0 Å². The highest BCUT2D eigenvalue weighted by Gasteiger charge is 2.50. The fourth-order valence-electron chi connectivity index (χ4n) is 4.59. The molecule has 31 heavy (non-hydrogen) atoms. The number of urea groups is 1. The van der Waals surface area contributed by atoms with Crippen molar-refractivity contribution in [1.82, 2.24) is 4.90 Å². The van der Waals surface area contributed by atoms with Gasteiger partial charge < -0.3 is 10.2 Å². The Morgan fingerprint density at radius 1 is 1.03 bits per heavy atom. The minimum absolute atomic E-state index is 0.00991. The van der Waals surface area contributed by atoms with Crippen molar-refractivity contribution in [3.63, 3.8) is 0 Å². The monoisotopic (exact) mass is 431 g/mol. The molecule has 0 atom stereocenters. The lowest BCUT2D eigenvalue weighted by Crippen LogP contribution is -2.51. The molecule has 0 radical (unpaired) electrons. The van der Waals surface area contributed by atoms with Gasteiger partial charge in [0.15, 0.2) is 0 Å². The third kappa shape index (κ3) is 4.24. The van der Waals surface area contributed by atoms with Crippen molar-refractivity contribution in [2.24, 2.45) is 0 Å². The maximum atomic E-state index is 14.1. The molecule has 2 aliphatic rings. The Balaban J connectivity index is 1.58. The highest BCUT2D eigenvalue weighted by atomic mass is 19.1. The maximum absolute atomic E-state index is 14.1. The van der Waals surface area contributed by atoms with Crippen LogP contribution < -0.4 is 10.2 Å². The van der Waals surface area contributed by atoms with Gasteiger partial charge in [0.25, 0.3) is 0 Å². The molecule has 5 nitrogen and oxygen atoms in total. The van der Waals surface area contributed by atoms with Crippen molar-refractivity contribution in [2.45, 2.75) is 44.6 Å². The molecule has 1 aliphatic heterocycles. The van der Waals surface area contributed by atoms with Crippen LogP contribution in [0.5, 0.6) is 0 Å². The summed E-state index contributed by atoms with van der Waals surface area (Å²) in [4.78, 5) is 29.0. The Morgan fingerprint density at radius 2 is 1.71 bits per heavy atom. The largest absolute Gasteiger partial charge is 0.325 e. The number of rotatable bonds is 4. The molecule has 1 spiro atoms. The van der Waals surface area contributed by atoms with E-state index in [9.17, 15) is 22.8 Å². The van der Waals surface area contributed by atoms with Crippen molar-refractivity contribution in [3.05, 3.63) is 59.4 Å². The fraction of sp³-hybridized carbons (Fsp3) is 0.391. The van der Waals surface area contributed by atoms with Crippen molar-refractivity contribution in [3.8, 4) is 0 Å². The van der Waals surface area contributed by atoms with Gasteiger partial charge in [0.2, 0.25) is 5.91 Å². The number of benzene rings is 2. The van der Waals surface area contributed by atoms with E-state index in [1.807, 2.05) is 0 Å². The topological polar surface area (TPSA) is 52.6 Å². The summed E-state index contributed by atoms with van der Waals surface area (Å²) in [6.45, 7) is 1.78. The number of nitrogens with one attached hydrogen (secondary N) is 1. The smallest absolute Gasteiger partial charge is 0.324 e. The molecule has 0 bridgehead atoms. The molecule has 1 heterocycles. The molecule has 1 saturated heterocycles. The average molecular weight is 431 g/mol. The second-order valence-corrected chi connectivity index (χ2v) is 8.38. The summed E-state index contributed by atoms with van der Waals surface area (Å²) in [5, 5.41) is 2.47. The van der Waals surface area contributed by atoms with Crippen LogP contribution in [-0.4, -0.2) is 35.5 Å². The van der Waals surface area contributed by atoms with Gasteiger partial charge in [-0.05, 0) is 49.6 Å². The third-order valence-electron chi connectivity index (χ3n) is 6.19. The van der Waals surface area contributed by atoms with E-state index in [1.165, 1.54) is 15.9 Å². The van der Waals surface area contributed by atoms with E-state index in [-0.39, 0.29) is 18.3 Å². The first-order valence-electron chi connectivity index (χ1n) is 10.4. The van der Waals surface area contributed by atoms with E-state index in [4.69, 9.17) is 0 Å². The molecule has 1 saturated carbocycles. The van der Waals surface area contributed by atoms with E-state index in [0.29, 0.717) is 17.8 Å². The Bertz CT molecular complexity index is 1000. The van der Waals surface area contributed by atoms with Crippen LogP contribution in [0.1, 0.15) is 37.7 Å². The number of hydrogen-bond donors (Lipinski definition) is 1. The normalized spacial score (nSPS) is 18.0. The number of aryl methyl sites for hydroxylation is 1. The summed E-state index contributed by atoms with van der Waals surface area (Å²) in [5.41, 5.74) is 0.403. The van der Waals surface area contributed by atoms with Gasteiger partial charge >= 0.3 is 6.03 Å². The van der Waals surface area contributed by atoms with E-state index in [0.717, 1.165) is 50.3 Å². The quantitative estimate of drug-likeness (QED) is 0.741. The highest BCUT2D eigenvalue weighted by Crippen LogP contribution is 2.41. The Kier molecular flexibility index (Phi) is 5.64. The molecule has 2 fully saturated rings. The standard InChI is InChI=1S/C23H24F3N3O2/c1-15-5-6-19(12-20(15)26)28-14-23(7-3-2-4-8-23)29(22(28)31)13-21(30)27-18-10-16(24)9-17(25)11-18/h5-6,9-12H,2-4,7-8,13-14H2,1H3,(H,27,30). The number of nitrogens with zero attached hydrogens (tertiary/aromatic N) is 2. The van der Waals surface area contributed by atoms with Crippen LogP contribution in [0.2, 0.25) is 0 Å². The highest BCUT2D eigenvalue weighted by molar-refractivity contribution is 6.00. The minimum Gasteiger partial charge on any atom is -0.324 e. The predicted octanol–water partition coefficient (Wildman–Crippen LogP) is 5.00. The molecule has 8 heteroatoms. The summed E-state index contributed by atoms with van der Waals surface area (Å²) in [7, 11) is 0. The molecule has 1 N–H and O–H groups in total. The Hall–Kier alpha value is -3.03. The average Bonchev–Trinajstić information content (AvgIpc) is 2.96. The van der Waals surface area contributed by atoms with E-state index >= 15 is 0 Å². The molecule has 0 unspecified atom stereocenters. The van der Waals surface area contributed by atoms with Gasteiger partial charge in [-0.25, -0.2) is 18.0 Å². The molecule has 0 aromatic heterocycles. The lowest BCUT2D eigenvalue weighted by atomic mass is 9.81. The van der Waals surface area contributed by atoms with E-state index < -0.39 is 28.9 Å². The minimum atomic E-state index is -0.802. The van der Waals surface area contributed by atoms with Crippen molar-refractivity contribution in [2.75, 3.05) is 23.3 Å². The second kappa shape index (κ2) is 8.24. The number of anilines is 2. The van der Waals surface area contributed by atoms with Crippen LogP contribution in [0.3, 0.4) is 0 Å². The lowest BCUT2D eigenvalue weighted by Gasteiger charge is -2.39. The first-order chi connectivity index (χ1) is 14.8. The first kappa shape index (κ1) is 21.2. The van der Waals surface area contributed by atoms with Gasteiger partial charge in [-0.1, -0.05) is 25.3 Å². The Morgan fingerprint density at radius 3 is 2.35 bits per heavy atom. The molecule has 2 aromatic rings. The molecule has 3 amide bonds. The van der Waals surface area contributed by atoms with Crippen LogP contribution in [-0.2, 0) is 4.79 Å². The zero-order valence-corrected chi connectivity index (χ0v) is 17.3. The summed E-state index contributed by atoms with van der Waals surface area (Å²) in [6, 6.07) is 7.05. The number of halogens is 3. The summed E-state index contributed by atoms with van der Waals surface area (Å²) < 4.78 is 41.0. The third-order valence-corrected chi connectivity index (χ3v) is 6.19. The molecule has 2 aromatic carbocycles. The zero-order chi connectivity index (χ0) is 22.2. The lowest BCUT2D eigenvalue weighted by molar-refractivity contribution is -0.117. The number of carbonyl (C=O) groups is 2. The van der Waals surface area contributed by atoms with Crippen LogP contribution in [0, 0.1) is 24.4 Å². The van der Waals surface area contributed by atoms with Gasteiger partial charge in [-0.3, -0.25) is 9.69 Å². The summed E-state index contributed by atoms with van der Waals surface area (Å²) in [6.07, 6.45) is 4.39. The SMILES string of the molecule is Cc1ccc(N2CC3(CCCCC3)N(CC(=O)Nc3cc(F)cc(F)c3)C2=O)cc1F. The van der Waals surface area contributed by atoms with E-state index in [1.54, 1.807) is 19.1 Å². The van der Waals surface area contributed by atoms with Crippen molar-refractivity contribution >= 4 is 23.3 Å². The predicted molar refractivity (Wildman–Crippen MR) is 111 cm³/mol.